The van der Waals surface area contributed by atoms with Crippen LogP contribution in [-0.2, 0) is 6.54 Å². The summed E-state index contributed by atoms with van der Waals surface area (Å²) in [5.41, 5.74) is 0.860. The van der Waals surface area contributed by atoms with Crippen LogP contribution in [0.1, 0.15) is 5.89 Å². The second-order valence-electron chi connectivity index (χ2n) is 4.92. The Morgan fingerprint density at radius 1 is 1.14 bits per heavy atom. The molecule has 6 nitrogen and oxygen atoms in total. The maximum absolute atomic E-state index is 5.86. The lowest BCUT2D eigenvalue weighted by atomic mass is 10.2. The molecule has 0 unspecified atom stereocenters. The summed E-state index contributed by atoms with van der Waals surface area (Å²) in [6.45, 7) is 0.340. The fourth-order valence-electron chi connectivity index (χ4n) is 1.86. The van der Waals surface area contributed by atoms with Gasteiger partial charge >= 0.3 is 0 Å². The number of hydrogen-bond donors (Lipinski definition) is 0. The minimum atomic E-state index is 0.340. The summed E-state index contributed by atoms with van der Waals surface area (Å²) in [6.07, 6.45) is 0. The van der Waals surface area contributed by atoms with Gasteiger partial charge in [-0.2, -0.15) is 4.98 Å². The van der Waals surface area contributed by atoms with Crippen molar-refractivity contribution in [2.24, 2.45) is 4.99 Å². The molecule has 21 heavy (non-hydrogen) atoms. The first-order chi connectivity index (χ1) is 9.97. The predicted molar refractivity (Wildman–Crippen MR) is 83.3 cm³/mol. The summed E-state index contributed by atoms with van der Waals surface area (Å²) in [5.74, 6) is 1.84. The number of guanidine groups is 1. The lowest BCUT2D eigenvalue weighted by Gasteiger charge is -2.22. The molecule has 0 radical (unpaired) electrons. The van der Waals surface area contributed by atoms with E-state index in [0.29, 0.717) is 23.3 Å². The van der Waals surface area contributed by atoms with Crippen LogP contribution in [0, 0.1) is 0 Å². The van der Waals surface area contributed by atoms with Gasteiger partial charge in [-0.15, -0.1) is 0 Å². The highest BCUT2D eigenvalue weighted by Gasteiger charge is 2.10. The van der Waals surface area contributed by atoms with Crippen molar-refractivity contribution < 1.29 is 4.52 Å². The highest BCUT2D eigenvalue weighted by molar-refractivity contribution is 6.30. The van der Waals surface area contributed by atoms with Crippen molar-refractivity contribution in [1.82, 2.24) is 19.9 Å². The lowest BCUT2D eigenvalue weighted by Crippen LogP contribution is -2.35. The van der Waals surface area contributed by atoms with Gasteiger partial charge in [0, 0.05) is 38.8 Å². The molecule has 1 aromatic carbocycles. The van der Waals surface area contributed by atoms with E-state index < -0.39 is 0 Å². The molecule has 0 N–H and O–H groups in total. The number of hydrogen-bond acceptors (Lipinski definition) is 4. The highest BCUT2D eigenvalue weighted by Crippen LogP contribution is 2.18. The van der Waals surface area contributed by atoms with Gasteiger partial charge in [-0.1, -0.05) is 16.8 Å². The standard InChI is InChI=1S/C14H18ClN5O/c1-19(2)14(20(3)4)16-9-12-17-13(18-21-12)10-5-7-11(15)8-6-10/h5-8H,9H2,1-4H3. The molecule has 0 spiro atoms. The topological polar surface area (TPSA) is 57.8 Å². The first-order valence-electron chi connectivity index (χ1n) is 6.45. The summed E-state index contributed by atoms with van der Waals surface area (Å²) >= 11 is 5.86. The minimum absolute atomic E-state index is 0.340. The third kappa shape index (κ3) is 3.95. The Labute approximate surface area is 129 Å². The largest absolute Gasteiger partial charge is 0.349 e. The Hall–Kier alpha value is -2.08. The monoisotopic (exact) mass is 307 g/mol. The van der Waals surface area contributed by atoms with Gasteiger partial charge in [0.2, 0.25) is 11.7 Å². The van der Waals surface area contributed by atoms with Crippen LogP contribution in [0.4, 0.5) is 0 Å². The normalized spacial score (nSPS) is 10.3. The van der Waals surface area contributed by atoms with Crippen LogP contribution in [0.15, 0.2) is 33.8 Å². The molecule has 0 aliphatic rings. The Balaban J connectivity index is 2.13. The van der Waals surface area contributed by atoms with Crippen molar-refractivity contribution in [3.8, 4) is 11.4 Å². The van der Waals surface area contributed by atoms with Crippen LogP contribution < -0.4 is 0 Å². The van der Waals surface area contributed by atoms with E-state index in [2.05, 4.69) is 15.1 Å². The van der Waals surface area contributed by atoms with Crippen LogP contribution in [0.25, 0.3) is 11.4 Å². The first kappa shape index (κ1) is 15.3. The molecule has 1 aromatic heterocycles. The fraction of sp³-hybridized carbons (Fsp3) is 0.357. The molecule has 0 aliphatic carbocycles. The molecule has 0 amide bonds. The van der Waals surface area contributed by atoms with Crippen molar-refractivity contribution in [3.63, 3.8) is 0 Å². The average Bonchev–Trinajstić information content (AvgIpc) is 2.87. The van der Waals surface area contributed by atoms with E-state index in [9.17, 15) is 0 Å². The number of rotatable bonds is 3. The van der Waals surface area contributed by atoms with Crippen molar-refractivity contribution >= 4 is 17.6 Å². The molecule has 1 heterocycles. The third-order valence-electron chi connectivity index (χ3n) is 2.73. The van der Waals surface area contributed by atoms with E-state index >= 15 is 0 Å². The molecule has 112 valence electrons. The number of halogens is 1. The zero-order chi connectivity index (χ0) is 15.4. The van der Waals surface area contributed by atoms with Crippen LogP contribution in [0.3, 0.4) is 0 Å². The van der Waals surface area contributed by atoms with Gasteiger partial charge < -0.3 is 14.3 Å². The van der Waals surface area contributed by atoms with E-state index in [-0.39, 0.29) is 0 Å². The molecule has 0 fully saturated rings. The van der Waals surface area contributed by atoms with Gasteiger partial charge in [0.15, 0.2) is 5.96 Å². The van der Waals surface area contributed by atoms with E-state index in [1.807, 2.05) is 50.1 Å². The zero-order valence-electron chi connectivity index (χ0n) is 12.5. The van der Waals surface area contributed by atoms with Gasteiger partial charge in [-0.25, -0.2) is 4.99 Å². The number of aliphatic imine (C=N–C) groups is 1. The van der Waals surface area contributed by atoms with Crippen molar-refractivity contribution in [3.05, 3.63) is 35.2 Å². The summed E-state index contributed by atoms with van der Waals surface area (Å²) < 4.78 is 5.22. The van der Waals surface area contributed by atoms with Gasteiger partial charge in [-0.3, -0.25) is 0 Å². The maximum Gasteiger partial charge on any atom is 0.248 e. The zero-order valence-corrected chi connectivity index (χ0v) is 13.3. The Morgan fingerprint density at radius 2 is 1.76 bits per heavy atom. The van der Waals surface area contributed by atoms with E-state index in [4.69, 9.17) is 16.1 Å². The van der Waals surface area contributed by atoms with Crippen molar-refractivity contribution in [2.45, 2.75) is 6.54 Å². The third-order valence-corrected chi connectivity index (χ3v) is 2.98. The quantitative estimate of drug-likeness (QED) is 0.643. The fourth-order valence-corrected chi connectivity index (χ4v) is 1.98. The molecule has 2 rings (SSSR count). The SMILES string of the molecule is CN(C)C(=NCc1nc(-c2ccc(Cl)cc2)no1)N(C)C. The molecular formula is C14H18ClN5O. The van der Waals surface area contributed by atoms with E-state index in [0.717, 1.165) is 11.5 Å². The summed E-state index contributed by atoms with van der Waals surface area (Å²) in [4.78, 5) is 12.7. The van der Waals surface area contributed by atoms with Gasteiger partial charge in [-0.05, 0) is 24.3 Å². The summed E-state index contributed by atoms with van der Waals surface area (Å²) in [6, 6.07) is 7.29. The first-order valence-corrected chi connectivity index (χ1v) is 6.83. The highest BCUT2D eigenvalue weighted by atomic mass is 35.5. The molecule has 0 atom stereocenters. The second-order valence-corrected chi connectivity index (χ2v) is 5.36. The van der Waals surface area contributed by atoms with Crippen LogP contribution in [-0.4, -0.2) is 54.1 Å². The molecule has 0 bridgehead atoms. The molecule has 0 saturated heterocycles. The molecular weight excluding hydrogens is 290 g/mol. The number of benzene rings is 1. The second kappa shape index (κ2) is 6.58. The van der Waals surface area contributed by atoms with Crippen molar-refractivity contribution in [2.75, 3.05) is 28.2 Å². The minimum Gasteiger partial charge on any atom is -0.349 e. The van der Waals surface area contributed by atoms with E-state index in [1.165, 1.54) is 0 Å². The Kier molecular flexibility index (Phi) is 4.80. The van der Waals surface area contributed by atoms with Crippen LogP contribution in [0.2, 0.25) is 5.02 Å². The van der Waals surface area contributed by atoms with Gasteiger partial charge in [0.25, 0.3) is 0 Å². The van der Waals surface area contributed by atoms with Gasteiger partial charge in [0.05, 0.1) is 0 Å². The van der Waals surface area contributed by atoms with E-state index in [1.54, 1.807) is 12.1 Å². The average molecular weight is 308 g/mol. The summed E-state index contributed by atoms with van der Waals surface area (Å²) in [5, 5.41) is 4.63. The van der Waals surface area contributed by atoms with Crippen LogP contribution in [0.5, 0.6) is 0 Å². The molecule has 7 heteroatoms. The lowest BCUT2D eigenvalue weighted by molar-refractivity contribution is 0.378. The molecule has 0 saturated carbocycles. The number of nitrogens with zero attached hydrogens (tertiary/aromatic N) is 5. The Morgan fingerprint density at radius 3 is 2.33 bits per heavy atom. The maximum atomic E-state index is 5.86. The Bertz CT molecular complexity index is 609. The van der Waals surface area contributed by atoms with Gasteiger partial charge in [0.1, 0.15) is 6.54 Å². The van der Waals surface area contributed by atoms with Crippen molar-refractivity contribution in [1.29, 1.82) is 0 Å². The summed E-state index contributed by atoms with van der Waals surface area (Å²) in [7, 11) is 7.75. The predicted octanol–water partition coefficient (Wildman–Crippen LogP) is 2.37. The number of aromatic nitrogens is 2. The van der Waals surface area contributed by atoms with Crippen LogP contribution >= 0.6 is 11.6 Å². The smallest absolute Gasteiger partial charge is 0.248 e. The molecule has 2 aromatic rings. The molecule has 0 aliphatic heterocycles.